The lowest BCUT2D eigenvalue weighted by Gasteiger charge is -2.28. The normalized spacial score (nSPS) is 14.7. The number of aliphatic carboxylic acids is 1. The summed E-state index contributed by atoms with van der Waals surface area (Å²) in [6, 6.07) is 3.64. The van der Waals surface area contributed by atoms with E-state index in [4.69, 9.17) is 16.7 Å². The molecule has 0 bridgehead atoms. The van der Waals surface area contributed by atoms with Crippen LogP contribution in [0.2, 0.25) is 5.02 Å². The van der Waals surface area contributed by atoms with Crippen LogP contribution in [0.1, 0.15) is 25.5 Å². The van der Waals surface area contributed by atoms with Crippen LogP contribution in [0.4, 0.5) is 4.39 Å². The molecule has 0 fully saturated rings. The fourth-order valence-electron chi connectivity index (χ4n) is 1.52. The molecule has 0 spiro atoms. The van der Waals surface area contributed by atoms with Gasteiger partial charge in [-0.1, -0.05) is 17.7 Å². The number of hydrogen-bond donors (Lipinski definition) is 1. The maximum Gasteiger partial charge on any atom is 0.320 e. The second kappa shape index (κ2) is 5.47. The Morgan fingerprint density at radius 1 is 1.47 bits per heavy atom. The Morgan fingerprint density at radius 3 is 2.53 bits per heavy atom. The number of carbonyl (C=O) groups is 1. The van der Waals surface area contributed by atoms with Crippen molar-refractivity contribution in [2.45, 2.75) is 25.9 Å². The van der Waals surface area contributed by atoms with Crippen LogP contribution in [0, 0.1) is 5.82 Å². The summed E-state index contributed by atoms with van der Waals surface area (Å²) in [6.45, 7) is 3.45. The second-order valence-corrected chi connectivity index (χ2v) is 4.44. The largest absolute Gasteiger partial charge is 0.480 e. The standard InChI is InChI=1S/C12H15ClFNO2/c1-7(15(3)8(2)12(16)17)9-4-5-11(14)10(13)6-9/h4-8H,1-3H3,(H,16,17). The van der Waals surface area contributed by atoms with E-state index in [2.05, 4.69) is 0 Å². The first-order valence-corrected chi connectivity index (χ1v) is 5.62. The Morgan fingerprint density at radius 2 is 2.06 bits per heavy atom. The van der Waals surface area contributed by atoms with E-state index in [1.807, 2.05) is 6.92 Å². The smallest absolute Gasteiger partial charge is 0.320 e. The first kappa shape index (κ1) is 13.9. The van der Waals surface area contributed by atoms with Gasteiger partial charge in [0.25, 0.3) is 0 Å². The summed E-state index contributed by atoms with van der Waals surface area (Å²) < 4.78 is 13.0. The first-order valence-electron chi connectivity index (χ1n) is 5.24. The Kier molecular flexibility index (Phi) is 4.48. The van der Waals surface area contributed by atoms with E-state index in [1.165, 1.54) is 12.1 Å². The molecule has 3 nitrogen and oxygen atoms in total. The summed E-state index contributed by atoms with van der Waals surface area (Å²) in [5.74, 6) is -1.37. The highest BCUT2D eigenvalue weighted by Gasteiger charge is 2.22. The molecular weight excluding hydrogens is 245 g/mol. The summed E-state index contributed by atoms with van der Waals surface area (Å²) >= 11 is 5.69. The fourth-order valence-corrected chi connectivity index (χ4v) is 1.71. The van der Waals surface area contributed by atoms with Crippen molar-refractivity contribution < 1.29 is 14.3 Å². The van der Waals surface area contributed by atoms with Crippen molar-refractivity contribution in [3.8, 4) is 0 Å². The van der Waals surface area contributed by atoms with E-state index < -0.39 is 17.8 Å². The fraction of sp³-hybridized carbons (Fsp3) is 0.417. The molecule has 0 aromatic heterocycles. The van der Waals surface area contributed by atoms with E-state index >= 15 is 0 Å². The topological polar surface area (TPSA) is 40.5 Å². The molecule has 0 heterocycles. The molecule has 0 radical (unpaired) electrons. The van der Waals surface area contributed by atoms with Crippen LogP contribution in [0.5, 0.6) is 0 Å². The second-order valence-electron chi connectivity index (χ2n) is 4.03. The lowest BCUT2D eigenvalue weighted by Crippen LogP contribution is -2.37. The van der Waals surface area contributed by atoms with Gasteiger partial charge in [0, 0.05) is 6.04 Å². The average molecular weight is 260 g/mol. The minimum Gasteiger partial charge on any atom is -0.480 e. The maximum atomic E-state index is 13.0. The molecule has 2 unspecified atom stereocenters. The van der Waals surface area contributed by atoms with Gasteiger partial charge in [0.05, 0.1) is 5.02 Å². The third-order valence-electron chi connectivity index (χ3n) is 3.01. The minimum atomic E-state index is -0.896. The van der Waals surface area contributed by atoms with Gasteiger partial charge in [0.1, 0.15) is 11.9 Å². The van der Waals surface area contributed by atoms with Crippen molar-refractivity contribution in [2.24, 2.45) is 0 Å². The van der Waals surface area contributed by atoms with Crippen LogP contribution >= 0.6 is 11.6 Å². The average Bonchev–Trinajstić information content (AvgIpc) is 2.29. The van der Waals surface area contributed by atoms with Gasteiger partial charge in [-0.15, -0.1) is 0 Å². The molecule has 17 heavy (non-hydrogen) atoms. The van der Waals surface area contributed by atoms with Crippen molar-refractivity contribution in [2.75, 3.05) is 7.05 Å². The van der Waals surface area contributed by atoms with Crippen molar-refractivity contribution in [1.29, 1.82) is 0 Å². The van der Waals surface area contributed by atoms with Crippen LogP contribution in [-0.2, 0) is 4.79 Å². The number of rotatable bonds is 4. The highest BCUT2D eigenvalue weighted by atomic mass is 35.5. The van der Waals surface area contributed by atoms with Gasteiger partial charge >= 0.3 is 5.97 Å². The number of hydrogen-bond acceptors (Lipinski definition) is 2. The molecule has 1 aromatic carbocycles. The number of nitrogens with zero attached hydrogens (tertiary/aromatic N) is 1. The molecule has 0 aliphatic rings. The predicted octanol–water partition coefficient (Wildman–Crippen LogP) is 2.95. The van der Waals surface area contributed by atoms with Gasteiger partial charge in [-0.25, -0.2) is 4.39 Å². The van der Waals surface area contributed by atoms with Gasteiger partial charge in [0.15, 0.2) is 0 Å². The molecule has 0 aliphatic carbocycles. The quantitative estimate of drug-likeness (QED) is 0.904. The van der Waals surface area contributed by atoms with E-state index in [0.29, 0.717) is 0 Å². The highest BCUT2D eigenvalue weighted by Crippen LogP contribution is 2.25. The Hall–Kier alpha value is -1.13. The van der Waals surface area contributed by atoms with Crippen molar-refractivity contribution in [3.63, 3.8) is 0 Å². The van der Waals surface area contributed by atoms with Gasteiger partial charge < -0.3 is 5.11 Å². The predicted molar refractivity (Wildman–Crippen MR) is 64.7 cm³/mol. The molecule has 5 heteroatoms. The van der Waals surface area contributed by atoms with Crippen LogP contribution in [0.15, 0.2) is 18.2 Å². The number of carboxylic acids is 1. The molecular formula is C12H15ClFNO2. The zero-order valence-electron chi connectivity index (χ0n) is 9.95. The zero-order chi connectivity index (χ0) is 13.2. The van der Waals surface area contributed by atoms with E-state index in [-0.39, 0.29) is 11.1 Å². The number of carboxylic acid groups (broad SMARTS) is 1. The van der Waals surface area contributed by atoms with Crippen molar-refractivity contribution in [1.82, 2.24) is 4.90 Å². The van der Waals surface area contributed by atoms with Crippen molar-refractivity contribution >= 4 is 17.6 Å². The van der Waals surface area contributed by atoms with E-state index in [0.717, 1.165) is 5.56 Å². The number of benzene rings is 1. The van der Waals surface area contributed by atoms with E-state index in [9.17, 15) is 9.18 Å². The van der Waals surface area contributed by atoms with Gasteiger partial charge in [-0.3, -0.25) is 9.69 Å². The van der Waals surface area contributed by atoms with Gasteiger partial charge in [-0.05, 0) is 38.6 Å². The maximum absolute atomic E-state index is 13.0. The number of likely N-dealkylation sites (N-methyl/N-ethyl adjacent to an activating group) is 1. The monoisotopic (exact) mass is 259 g/mol. The summed E-state index contributed by atoms with van der Waals surface area (Å²) in [4.78, 5) is 12.6. The first-order chi connectivity index (χ1) is 7.84. The minimum absolute atomic E-state index is 0.0470. The molecule has 0 amide bonds. The third-order valence-corrected chi connectivity index (χ3v) is 3.29. The Bertz CT molecular complexity index is 425. The highest BCUT2D eigenvalue weighted by molar-refractivity contribution is 6.30. The van der Waals surface area contributed by atoms with Crippen LogP contribution < -0.4 is 0 Å². The summed E-state index contributed by atoms with van der Waals surface area (Å²) in [5.41, 5.74) is 0.784. The molecule has 1 aromatic rings. The molecule has 0 saturated carbocycles. The summed E-state index contributed by atoms with van der Waals surface area (Å²) in [6.07, 6.45) is 0. The van der Waals surface area contributed by atoms with Gasteiger partial charge in [-0.2, -0.15) is 0 Å². The summed E-state index contributed by atoms with van der Waals surface area (Å²) in [7, 11) is 1.71. The van der Waals surface area contributed by atoms with Crippen LogP contribution in [0.3, 0.4) is 0 Å². The molecule has 0 saturated heterocycles. The Balaban J connectivity index is 2.92. The SMILES string of the molecule is CC(C(=O)O)N(C)C(C)c1ccc(F)c(Cl)c1. The van der Waals surface area contributed by atoms with Gasteiger partial charge in [0.2, 0.25) is 0 Å². The molecule has 1 rings (SSSR count). The Labute approximate surface area is 105 Å². The third kappa shape index (κ3) is 3.17. The molecule has 1 N–H and O–H groups in total. The molecule has 2 atom stereocenters. The summed E-state index contributed by atoms with van der Waals surface area (Å²) in [5, 5.41) is 8.97. The molecule has 0 aliphatic heterocycles. The van der Waals surface area contributed by atoms with Crippen molar-refractivity contribution in [3.05, 3.63) is 34.6 Å². The van der Waals surface area contributed by atoms with Crippen LogP contribution in [-0.4, -0.2) is 29.1 Å². The zero-order valence-corrected chi connectivity index (χ0v) is 10.7. The molecule has 94 valence electrons. The lowest BCUT2D eigenvalue weighted by molar-refractivity contribution is -0.142. The lowest BCUT2D eigenvalue weighted by atomic mass is 10.1. The van der Waals surface area contributed by atoms with Crippen LogP contribution in [0.25, 0.3) is 0 Å². The number of halogens is 2. The van der Waals surface area contributed by atoms with E-state index in [1.54, 1.807) is 24.9 Å².